The average Bonchev–Trinajstić information content (AvgIpc) is 3.30. The van der Waals surface area contributed by atoms with Gasteiger partial charge < -0.3 is 14.4 Å². The molecule has 3 fully saturated rings. The predicted octanol–water partition coefficient (Wildman–Crippen LogP) is 2.47. The van der Waals surface area contributed by atoms with Gasteiger partial charge in [0, 0.05) is 38.0 Å². The Balaban J connectivity index is 1.46. The number of hydrogen-bond acceptors (Lipinski definition) is 4. The van der Waals surface area contributed by atoms with Gasteiger partial charge in [-0.3, -0.25) is 14.5 Å². The number of halogens is 1. The lowest BCUT2D eigenvalue weighted by Gasteiger charge is -2.26. The Kier molecular flexibility index (Phi) is 4.28. The molecule has 0 bridgehead atoms. The van der Waals surface area contributed by atoms with E-state index in [2.05, 4.69) is 4.90 Å². The fraction of sp³-hybridized carbons (Fsp3) is 0.667. The zero-order valence-corrected chi connectivity index (χ0v) is 14.9. The summed E-state index contributed by atoms with van der Waals surface area (Å²) in [6.07, 6.45) is 4.12. The number of carbonyl (C=O) groups is 2. The summed E-state index contributed by atoms with van der Waals surface area (Å²) in [6.45, 7) is 2.54. The topological polar surface area (TPSA) is 74.0 Å². The second-order valence-corrected chi connectivity index (χ2v) is 8.11. The van der Waals surface area contributed by atoms with Crippen LogP contribution in [0.4, 0.5) is 0 Å². The molecular weight excluding hydrogens is 344 g/mol. The van der Waals surface area contributed by atoms with Gasteiger partial charge in [0.15, 0.2) is 5.22 Å². The van der Waals surface area contributed by atoms with Crippen molar-refractivity contribution in [3.05, 3.63) is 23.1 Å². The first-order chi connectivity index (χ1) is 12.0. The quantitative estimate of drug-likeness (QED) is 0.886. The molecule has 136 valence electrons. The molecular formula is C18H23ClN2O4. The highest BCUT2D eigenvalue weighted by Gasteiger charge is 2.58. The van der Waals surface area contributed by atoms with E-state index in [0.717, 1.165) is 31.4 Å². The summed E-state index contributed by atoms with van der Waals surface area (Å²) in [7, 11) is 0. The first kappa shape index (κ1) is 16.9. The summed E-state index contributed by atoms with van der Waals surface area (Å²) in [6, 6.07) is 3.52. The smallest absolute Gasteiger partial charge is 0.313 e. The summed E-state index contributed by atoms with van der Waals surface area (Å²) in [4.78, 5) is 28.7. The monoisotopic (exact) mass is 366 g/mol. The Hall–Kier alpha value is -1.53. The van der Waals surface area contributed by atoms with Crippen LogP contribution in [0.2, 0.25) is 5.22 Å². The highest BCUT2D eigenvalue weighted by atomic mass is 35.5. The molecule has 1 aliphatic carbocycles. The number of rotatable bonds is 4. The van der Waals surface area contributed by atoms with E-state index >= 15 is 0 Å². The predicted molar refractivity (Wildman–Crippen MR) is 91.1 cm³/mol. The Labute approximate surface area is 151 Å². The molecule has 3 aliphatic rings. The van der Waals surface area contributed by atoms with Crippen molar-refractivity contribution >= 4 is 23.5 Å². The standard InChI is InChI=1S/C18H23ClN2O4/c19-15-6-5-14(25-15)9-20-7-13-8-21(11-18(13,10-20)17(23)24)16(22)12-3-1-2-4-12/h5-6,12-13H,1-4,7-11H2,(H,23,24)/t13-,18-/m0/s1. The van der Waals surface area contributed by atoms with Crippen LogP contribution < -0.4 is 0 Å². The molecule has 1 aromatic heterocycles. The molecule has 0 unspecified atom stereocenters. The fourth-order valence-corrected chi connectivity index (χ4v) is 5.01. The van der Waals surface area contributed by atoms with Crippen LogP contribution in [0, 0.1) is 17.3 Å². The number of aliphatic carboxylic acids is 1. The van der Waals surface area contributed by atoms with E-state index in [0.29, 0.717) is 37.9 Å². The van der Waals surface area contributed by atoms with Crippen molar-refractivity contribution in [3.8, 4) is 0 Å². The summed E-state index contributed by atoms with van der Waals surface area (Å²) < 4.78 is 5.40. The second-order valence-electron chi connectivity index (χ2n) is 7.73. The summed E-state index contributed by atoms with van der Waals surface area (Å²) >= 11 is 5.81. The molecule has 2 atom stereocenters. The third-order valence-electron chi connectivity index (χ3n) is 6.13. The fourth-order valence-electron chi connectivity index (χ4n) is 4.85. The van der Waals surface area contributed by atoms with Crippen LogP contribution in [0.15, 0.2) is 16.5 Å². The van der Waals surface area contributed by atoms with Crippen molar-refractivity contribution in [2.75, 3.05) is 26.2 Å². The van der Waals surface area contributed by atoms with Gasteiger partial charge in [-0.2, -0.15) is 0 Å². The normalized spacial score (nSPS) is 30.1. The van der Waals surface area contributed by atoms with Crippen LogP contribution in [0.3, 0.4) is 0 Å². The van der Waals surface area contributed by atoms with E-state index < -0.39 is 11.4 Å². The maximum atomic E-state index is 12.7. The minimum Gasteiger partial charge on any atom is -0.481 e. The number of amides is 1. The van der Waals surface area contributed by atoms with Gasteiger partial charge in [-0.15, -0.1) is 0 Å². The van der Waals surface area contributed by atoms with E-state index in [-0.39, 0.29) is 17.7 Å². The zero-order valence-electron chi connectivity index (χ0n) is 14.1. The molecule has 1 N–H and O–H groups in total. The lowest BCUT2D eigenvalue weighted by molar-refractivity contribution is -0.149. The molecule has 1 saturated carbocycles. The first-order valence-electron chi connectivity index (χ1n) is 8.97. The average molecular weight is 367 g/mol. The van der Waals surface area contributed by atoms with Crippen molar-refractivity contribution in [3.63, 3.8) is 0 Å². The van der Waals surface area contributed by atoms with E-state index in [1.54, 1.807) is 6.07 Å². The number of likely N-dealkylation sites (tertiary alicyclic amines) is 2. The minimum absolute atomic E-state index is 0.0270. The van der Waals surface area contributed by atoms with Crippen LogP contribution in [0.5, 0.6) is 0 Å². The molecule has 1 aromatic rings. The minimum atomic E-state index is -0.856. The van der Waals surface area contributed by atoms with Crippen LogP contribution in [0.1, 0.15) is 31.4 Å². The molecule has 25 heavy (non-hydrogen) atoms. The lowest BCUT2D eigenvalue weighted by atomic mass is 9.81. The van der Waals surface area contributed by atoms with Crippen LogP contribution in [-0.2, 0) is 16.1 Å². The van der Waals surface area contributed by atoms with Gasteiger partial charge >= 0.3 is 5.97 Å². The molecule has 0 aromatic carbocycles. The van der Waals surface area contributed by atoms with Crippen LogP contribution >= 0.6 is 11.6 Å². The van der Waals surface area contributed by atoms with Crippen LogP contribution in [-0.4, -0.2) is 53.0 Å². The van der Waals surface area contributed by atoms with Crippen molar-refractivity contribution < 1.29 is 19.1 Å². The Morgan fingerprint density at radius 2 is 2.00 bits per heavy atom. The van der Waals surface area contributed by atoms with E-state index in [1.165, 1.54) is 0 Å². The molecule has 6 nitrogen and oxygen atoms in total. The number of hydrogen-bond donors (Lipinski definition) is 1. The molecule has 0 radical (unpaired) electrons. The number of carboxylic acids is 1. The summed E-state index contributed by atoms with van der Waals surface area (Å²) in [5, 5.41) is 10.3. The Bertz CT molecular complexity index is 684. The third-order valence-corrected chi connectivity index (χ3v) is 6.33. The highest BCUT2D eigenvalue weighted by Crippen LogP contribution is 2.44. The molecule has 4 rings (SSSR count). The number of carbonyl (C=O) groups excluding carboxylic acids is 1. The summed E-state index contributed by atoms with van der Waals surface area (Å²) in [5.41, 5.74) is -0.856. The van der Waals surface area contributed by atoms with E-state index in [9.17, 15) is 14.7 Å². The molecule has 2 aliphatic heterocycles. The van der Waals surface area contributed by atoms with E-state index in [1.807, 2.05) is 11.0 Å². The highest BCUT2D eigenvalue weighted by molar-refractivity contribution is 6.28. The molecule has 7 heteroatoms. The first-order valence-corrected chi connectivity index (χ1v) is 9.34. The van der Waals surface area contributed by atoms with Gasteiger partial charge in [-0.1, -0.05) is 12.8 Å². The van der Waals surface area contributed by atoms with Crippen LogP contribution in [0.25, 0.3) is 0 Å². The number of fused-ring (bicyclic) bond motifs is 1. The summed E-state index contributed by atoms with van der Waals surface area (Å²) in [5.74, 6) is 0.187. The number of carboxylic acid groups (broad SMARTS) is 1. The van der Waals surface area contributed by atoms with Crippen molar-refractivity contribution in [1.82, 2.24) is 9.80 Å². The third kappa shape index (κ3) is 2.95. The molecule has 0 spiro atoms. The number of furan rings is 1. The van der Waals surface area contributed by atoms with Gasteiger partial charge in [0.25, 0.3) is 0 Å². The maximum absolute atomic E-state index is 12.7. The zero-order chi connectivity index (χ0) is 17.6. The van der Waals surface area contributed by atoms with Gasteiger partial charge in [0.2, 0.25) is 5.91 Å². The molecule has 2 saturated heterocycles. The van der Waals surface area contributed by atoms with Gasteiger partial charge in [0.05, 0.1) is 6.54 Å². The van der Waals surface area contributed by atoms with Crippen molar-refractivity contribution in [2.24, 2.45) is 17.3 Å². The lowest BCUT2D eigenvalue weighted by Crippen LogP contribution is -2.42. The van der Waals surface area contributed by atoms with Gasteiger partial charge in [-0.05, 0) is 36.6 Å². The van der Waals surface area contributed by atoms with Gasteiger partial charge in [-0.25, -0.2) is 0 Å². The SMILES string of the molecule is O=C(C1CCCC1)N1C[C@@H]2CN(Cc3ccc(Cl)o3)C[C@]2(C(=O)O)C1. The molecule has 3 heterocycles. The van der Waals surface area contributed by atoms with E-state index in [4.69, 9.17) is 16.0 Å². The largest absolute Gasteiger partial charge is 0.481 e. The number of nitrogens with zero attached hydrogens (tertiary/aromatic N) is 2. The second kappa shape index (κ2) is 6.32. The van der Waals surface area contributed by atoms with Crippen molar-refractivity contribution in [2.45, 2.75) is 32.2 Å². The Morgan fingerprint density at radius 1 is 1.24 bits per heavy atom. The maximum Gasteiger partial charge on any atom is 0.313 e. The van der Waals surface area contributed by atoms with Crippen molar-refractivity contribution in [1.29, 1.82) is 0 Å². The molecule has 1 amide bonds. The van der Waals surface area contributed by atoms with Gasteiger partial charge in [0.1, 0.15) is 11.2 Å². The Morgan fingerprint density at radius 3 is 2.60 bits per heavy atom.